The molecule has 300 valence electrons. The predicted octanol–water partition coefficient (Wildman–Crippen LogP) is 5.91. The number of alkyl carbamates (subject to hydrolysis) is 1. The van der Waals surface area contributed by atoms with Gasteiger partial charge in [0.15, 0.2) is 0 Å². The second-order valence-electron chi connectivity index (χ2n) is 15.0. The van der Waals surface area contributed by atoms with Crippen molar-refractivity contribution in [1.82, 2.24) is 25.2 Å². The quantitative estimate of drug-likeness (QED) is 0.163. The minimum Gasteiger partial charge on any atom is -0.444 e. The molecule has 5 atom stereocenters. The second-order valence-corrected chi connectivity index (χ2v) is 19.0. The van der Waals surface area contributed by atoms with E-state index in [1.807, 2.05) is 13.0 Å². The number of allylic oxidation sites excluding steroid dienone is 1. The Balaban J connectivity index is 1.40. The normalized spacial score (nSPS) is 22.6. The Labute approximate surface area is 335 Å². The van der Waals surface area contributed by atoms with Crippen molar-refractivity contribution in [3.63, 3.8) is 0 Å². The number of rotatable bonds is 13. The molecule has 1 aromatic heterocycles. The number of hydrogen-bond donors (Lipinski definition) is 3. The molecule has 2 aromatic rings. The topological polar surface area (TPSA) is 181 Å². The van der Waals surface area contributed by atoms with Crippen molar-refractivity contribution in [2.24, 2.45) is 5.92 Å². The van der Waals surface area contributed by atoms with Crippen LogP contribution < -0.4 is 15.4 Å². The monoisotopic (exact) mass is 839 g/mol. The van der Waals surface area contributed by atoms with Crippen LogP contribution in [0.2, 0.25) is 9.36 Å². The molecule has 1 aromatic carbocycles. The summed E-state index contributed by atoms with van der Waals surface area (Å²) >= 11 is 13.1. The van der Waals surface area contributed by atoms with E-state index in [0.29, 0.717) is 11.4 Å². The zero-order valence-electron chi connectivity index (χ0n) is 31.4. The van der Waals surface area contributed by atoms with Gasteiger partial charge < -0.3 is 25.0 Å². The van der Waals surface area contributed by atoms with E-state index in [1.54, 1.807) is 52.0 Å². The molecular weight excluding hydrogens is 793 g/mol. The van der Waals surface area contributed by atoms with Gasteiger partial charge in [0.1, 0.15) is 33.5 Å². The Morgan fingerprint density at radius 2 is 1.84 bits per heavy atom. The van der Waals surface area contributed by atoms with E-state index in [-0.39, 0.29) is 47.4 Å². The number of carbonyl (C=O) groups is 5. The van der Waals surface area contributed by atoms with Crippen LogP contribution in [0.5, 0.6) is 0 Å². The number of carbonyl (C=O) groups excluding carboxylic acids is 5. The number of unbranched alkanes of at least 4 members (excludes halogenated alkanes) is 2. The minimum absolute atomic E-state index is 0.0899. The highest BCUT2D eigenvalue weighted by Gasteiger charge is 2.61. The summed E-state index contributed by atoms with van der Waals surface area (Å²) in [5, 5.41) is 5.95. The van der Waals surface area contributed by atoms with Crippen molar-refractivity contribution in [3.8, 4) is 0 Å². The van der Waals surface area contributed by atoms with Crippen molar-refractivity contribution in [2.75, 3.05) is 6.54 Å². The Morgan fingerprint density at radius 1 is 1.09 bits per heavy atom. The fourth-order valence-corrected chi connectivity index (χ4v) is 9.61. The molecule has 5 rings (SSSR count). The molecule has 1 aliphatic carbocycles. The number of ether oxygens (including phenoxy) is 2. The molecule has 3 aliphatic rings. The molecule has 5 amide bonds. The Hall–Kier alpha value is -3.86. The summed E-state index contributed by atoms with van der Waals surface area (Å²) in [4.78, 5) is 71.6. The van der Waals surface area contributed by atoms with Gasteiger partial charge in [0.25, 0.3) is 15.9 Å². The van der Waals surface area contributed by atoms with Crippen molar-refractivity contribution in [2.45, 2.75) is 120 Å². The number of nitrogens with one attached hydrogen (secondary N) is 3. The van der Waals surface area contributed by atoms with Gasteiger partial charge in [0.2, 0.25) is 11.8 Å². The largest absolute Gasteiger partial charge is 0.444 e. The third kappa shape index (κ3) is 10.1. The van der Waals surface area contributed by atoms with Crippen LogP contribution in [0.15, 0.2) is 46.7 Å². The second kappa shape index (κ2) is 17.1. The molecule has 0 bridgehead atoms. The predicted molar refractivity (Wildman–Crippen MR) is 207 cm³/mol. The van der Waals surface area contributed by atoms with Crippen LogP contribution in [0.25, 0.3) is 0 Å². The number of hydrogen-bond acceptors (Lipinski definition) is 10. The molecule has 55 heavy (non-hydrogen) atoms. The van der Waals surface area contributed by atoms with Crippen molar-refractivity contribution in [3.05, 3.63) is 63.0 Å². The number of likely N-dealkylation sites (tertiary alicyclic amines) is 1. The molecule has 5 unspecified atom stereocenters. The van der Waals surface area contributed by atoms with E-state index in [2.05, 4.69) is 15.4 Å². The van der Waals surface area contributed by atoms with E-state index >= 15 is 0 Å². The van der Waals surface area contributed by atoms with Crippen LogP contribution >= 0.6 is 34.5 Å². The van der Waals surface area contributed by atoms with Crippen LogP contribution in [0.3, 0.4) is 0 Å². The first kappa shape index (κ1) is 42.3. The van der Waals surface area contributed by atoms with E-state index in [4.69, 9.17) is 32.7 Å². The third-order valence-electron chi connectivity index (χ3n) is 9.62. The van der Waals surface area contributed by atoms with Gasteiger partial charge in [-0.1, -0.05) is 73.7 Å². The van der Waals surface area contributed by atoms with Gasteiger partial charge in [-0.3, -0.25) is 19.3 Å². The van der Waals surface area contributed by atoms with Gasteiger partial charge in [-0.15, -0.1) is 11.3 Å². The number of thiophene rings is 1. The molecule has 1 saturated carbocycles. The van der Waals surface area contributed by atoms with Crippen LogP contribution in [0.1, 0.15) is 84.3 Å². The Kier molecular flexibility index (Phi) is 13.1. The molecule has 0 radical (unpaired) electrons. The molecular formula is C37H47Cl2N5O9S2. The maximum atomic E-state index is 14.4. The number of benzene rings is 1. The fraction of sp³-hybridized carbons (Fsp3) is 0.541. The standard InChI is InChI=1S/C37H47Cl2N5O9S2/c1-6-8-9-14-27(40-34(48)53-36(3,4)5)32(46)44-20-24(52-35(49)43-19-22-12-10-13-26(38)25(22)21-43)17-28(44)31(45)41-37(18-23(37)11-7-2)33(47)42-55(50,51)30-16-15-29(39)54-30/h7,10-13,15-16,23-24,27-28H,6,8-9,14,17-21H2,1-5H3,(H,40,48)(H,41,45)(H,42,47)/b11-7-. The molecule has 2 aliphatic heterocycles. The SMILES string of the molecule is C/C=C\C1CC1(NC(=O)C1CC(OC(=O)N2Cc3cccc(Cl)c3C2)CN1C(=O)C(CCCCC)NC(=O)OC(C)(C)C)C(=O)NS(=O)(=O)c1ccc(Cl)s1. The first-order chi connectivity index (χ1) is 25.9. The number of halogens is 2. The first-order valence-electron chi connectivity index (χ1n) is 18.2. The Morgan fingerprint density at radius 3 is 2.47 bits per heavy atom. The van der Waals surface area contributed by atoms with E-state index in [9.17, 15) is 32.4 Å². The highest BCUT2D eigenvalue weighted by Crippen LogP contribution is 2.46. The average Bonchev–Trinajstić information content (AvgIpc) is 3.48. The lowest BCUT2D eigenvalue weighted by molar-refractivity contribution is -0.141. The molecule has 1 saturated heterocycles. The lowest BCUT2D eigenvalue weighted by Gasteiger charge is -2.30. The molecule has 2 fully saturated rings. The maximum absolute atomic E-state index is 14.4. The summed E-state index contributed by atoms with van der Waals surface area (Å²) in [6.45, 7) is 9.10. The summed E-state index contributed by atoms with van der Waals surface area (Å²) in [6.07, 6.45) is 3.37. The molecule has 3 N–H and O–H groups in total. The van der Waals surface area contributed by atoms with Gasteiger partial charge >= 0.3 is 12.2 Å². The van der Waals surface area contributed by atoms with Crippen LogP contribution in [-0.2, 0) is 47.0 Å². The third-order valence-corrected chi connectivity index (χ3v) is 13.0. The van der Waals surface area contributed by atoms with E-state index in [0.717, 1.165) is 35.3 Å². The molecule has 3 heterocycles. The minimum atomic E-state index is -4.33. The summed E-state index contributed by atoms with van der Waals surface area (Å²) in [7, 11) is -4.33. The van der Waals surface area contributed by atoms with Gasteiger partial charge in [-0.2, -0.15) is 0 Å². The smallest absolute Gasteiger partial charge is 0.410 e. The Bertz CT molecular complexity index is 1950. The van der Waals surface area contributed by atoms with Crippen LogP contribution in [0.4, 0.5) is 9.59 Å². The number of amides is 5. The van der Waals surface area contributed by atoms with Crippen molar-refractivity contribution < 1.29 is 41.9 Å². The van der Waals surface area contributed by atoms with Crippen molar-refractivity contribution >= 4 is 74.5 Å². The number of fused-ring (bicyclic) bond motifs is 1. The van der Waals surface area contributed by atoms with Crippen LogP contribution in [0, 0.1) is 5.92 Å². The molecule has 18 heteroatoms. The highest BCUT2D eigenvalue weighted by atomic mass is 35.5. The van der Waals surface area contributed by atoms with Gasteiger partial charge in [0.05, 0.1) is 17.4 Å². The van der Waals surface area contributed by atoms with Gasteiger partial charge in [-0.05, 0) is 69.9 Å². The first-order valence-corrected chi connectivity index (χ1v) is 21.2. The highest BCUT2D eigenvalue weighted by molar-refractivity contribution is 7.92. The summed E-state index contributed by atoms with van der Waals surface area (Å²) in [5.74, 6) is -2.86. The zero-order chi connectivity index (χ0) is 40.3. The molecule has 14 nitrogen and oxygen atoms in total. The van der Waals surface area contributed by atoms with Gasteiger partial charge in [-0.25, -0.2) is 22.7 Å². The maximum Gasteiger partial charge on any atom is 0.410 e. The van der Waals surface area contributed by atoms with E-state index < -0.39 is 75.2 Å². The van der Waals surface area contributed by atoms with E-state index in [1.165, 1.54) is 21.9 Å². The lowest BCUT2D eigenvalue weighted by Crippen LogP contribution is -2.58. The summed E-state index contributed by atoms with van der Waals surface area (Å²) in [6, 6.07) is 5.72. The lowest BCUT2D eigenvalue weighted by atomic mass is 10.1. The average molecular weight is 841 g/mol. The number of nitrogens with zero attached hydrogens (tertiary/aromatic N) is 2. The summed E-state index contributed by atoms with van der Waals surface area (Å²) < 4.78 is 39.7. The summed E-state index contributed by atoms with van der Waals surface area (Å²) in [5.41, 5.74) is -0.822. The van der Waals surface area contributed by atoms with Crippen LogP contribution in [-0.4, -0.2) is 84.0 Å². The zero-order valence-corrected chi connectivity index (χ0v) is 34.5. The van der Waals surface area contributed by atoms with Gasteiger partial charge in [0, 0.05) is 23.9 Å². The number of sulfonamides is 1. The molecule has 0 spiro atoms. The fourth-order valence-electron chi connectivity index (χ4n) is 6.83. The van der Waals surface area contributed by atoms with Crippen molar-refractivity contribution in [1.29, 1.82) is 0 Å².